The molecule has 1 aliphatic heterocycles. The number of benzene rings is 1. The van der Waals surface area contributed by atoms with Crippen LogP contribution in [-0.4, -0.2) is 31.3 Å². The van der Waals surface area contributed by atoms with Crippen LogP contribution >= 0.6 is 11.6 Å². The molecule has 1 aliphatic rings. The molecule has 0 saturated carbocycles. The summed E-state index contributed by atoms with van der Waals surface area (Å²) in [6.45, 7) is 2.79. The minimum absolute atomic E-state index is 0.541. The van der Waals surface area contributed by atoms with Crippen LogP contribution in [0.25, 0.3) is 0 Å². The van der Waals surface area contributed by atoms with Crippen LogP contribution in [0, 0.1) is 11.3 Å². The maximum absolute atomic E-state index is 9.54. The van der Waals surface area contributed by atoms with Crippen LogP contribution in [0.4, 0.5) is 17.2 Å². The highest BCUT2D eigenvalue weighted by Crippen LogP contribution is 2.28. The van der Waals surface area contributed by atoms with E-state index in [-0.39, 0.29) is 0 Å². The molecule has 5 nitrogen and oxygen atoms in total. The fourth-order valence-electron chi connectivity index (χ4n) is 2.37. The van der Waals surface area contributed by atoms with Crippen molar-refractivity contribution in [1.82, 2.24) is 4.98 Å². The van der Waals surface area contributed by atoms with Crippen molar-refractivity contribution in [3.05, 3.63) is 47.1 Å². The summed E-state index contributed by atoms with van der Waals surface area (Å²) in [5.41, 5.74) is 2.15. The molecule has 2 aromatic rings. The highest BCUT2D eigenvalue weighted by molar-refractivity contribution is 6.30. The molecule has 0 spiro atoms. The van der Waals surface area contributed by atoms with Gasteiger partial charge >= 0.3 is 0 Å². The molecule has 0 bridgehead atoms. The molecule has 112 valence electrons. The molecule has 6 heteroatoms. The number of morpholine rings is 1. The van der Waals surface area contributed by atoms with E-state index in [4.69, 9.17) is 16.3 Å². The SMILES string of the molecule is N#Cc1c(Nc2ccc(Cl)cc2)ccnc1N1CCOCC1. The average Bonchev–Trinajstić information content (AvgIpc) is 2.57. The van der Waals surface area contributed by atoms with Gasteiger partial charge in [0.2, 0.25) is 0 Å². The van der Waals surface area contributed by atoms with Crippen LogP contribution < -0.4 is 10.2 Å². The summed E-state index contributed by atoms with van der Waals surface area (Å²) in [6.07, 6.45) is 1.71. The highest BCUT2D eigenvalue weighted by Gasteiger charge is 2.18. The molecule has 3 rings (SSSR count). The molecule has 0 aliphatic carbocycles. The third-order valence-corrected chi connectivity index (χ3v) is 3.73. The topological polar surface area (TPSA) is 61.2 Å². The zero-order valence-corrected chi connectivity index (χ0v) is 12.7. The predicted octanol–water partition coefficient (Wildman–Crippen LogP) is 3.19. The first-order chi connectivity index (χ1) is 10.8. The number of rotatable bonds is 3. The standard InChI is InChI=1S/C16H15ClN4O/c17-12-1-3-13(4-2-12)20-15-5-6-19-16(14(15)11-18)21-7-9-22-10-8-21/h1-6H,7-10H2,(H,19,20). The average molecular weight is 315 g/mol. The van der Waals surface area contributed by atoms with Crippen molar-refractivity contribution in [2.24, 2.45) is 0 Å². The maximum Gasteiger partial charge on any atom is 0.148 e. The van der Waals surface area contributed by atoms with E-state index in [1.165, 1.54) is 0 Å². The maximum atomic E-state index is 9.54. The van der Waals surface area contributed by atoms with E-state index >= 15 is 0 Å². The highest BCUT2D eigenvalue weighted by atomic mass is 35.5. The molecular formula is C16H15ClN4O. The summed E-state index contributed by atoms with van der Waals surface area (Å²) < 4.78 is 5.35. The lowest BCUT2D eigenvalue weighted by molar-refractivity contribution is 0.122. The lowest BCUT2D eigenvalue weighted by Gasteiger charge is -2.28. The molecule has 1 saturated heterocycles. The van der Waals surface area contributed by atoms with Gasteiger partial charge in [0.15, 0.2) is 0 Å². The van der Waals surface area contributed by atoms with Crippen LogP contribution in [-0.2, 0) is 4.74 Å². The Labute approximate surface area is 134 Å². The van der Waals surface area contributed by atoms with Crippen molar-refractivity contribution < 1.29 is 4.74 Å². The smallest absolute Gasteiger partial charge is 0.148 e. The molecule has 0 atom stereocenters. The van der Waals surface area contributed by atoms with E-state index in [0.717, 1.165) is 24.5 Å². The van der Waals surface area contributed by atoms with Gasteiger partial charge in [0.1, 0.15) is 17.5 Å². The minimum Gasteiger partial charge on any atom is -0.378 e. The summed E-state index contributed by atoms with van der Waals surface area (Å²) >= 11 is 5.89. The second kappa shape index (κ2) is 6.65. The van der Waals surface area contributed by atoms with Gasteiger partial charge in [-0.15, -0.1) is 0 Å². The third-order valence-electron chi connectivity index (χ3n) is 3.48. The minimum atomic E-state index is 0.541. The fraction of sp³-hybridized carbons (Fsp3) is 0.250. The number of hydrogen-bond acceptors (Lipinski definition) is 5. The van der Waals surface area contributed by atoms with Gasteiger partial charge in [0.05, 0.1) is 18.9 Å². The van der Waals surface area contributed by atoms with Gasteiger partial charge in [-0.05, 0) is 30.3 Å². The molecule has 0 radical (unpaired) electrons. The van der Waals surface area contributed by atoms with Gasteiger partial charge in [0.25, 0.3) is 0 Å². The lowest BCUT2D eigenvalue weighted by Crippen LogP contribution is -2.37. The molecule has 1 aromatic carbocycles. The molecular weight excluding hydrogens is 300 g/mol. The Bertz CT molecular complexity index is 690. The van der Waals surface area contributed by atoms with Crippen LogP contribution in [0.2, 0.25) is 5.02 Å². The molecule has 1 N–H and O–H groups in total. The van der Waals surface area contributed by atoms with Gasteiger partial charge in [-0.3, -0.25) is 0 Å². The fourth-order valence-corrected chi connectivity index (χ4v) is 2.49. The Morgan fingerprint density at radius 2 is 1.91 bits per heavy atom. The molecule has 22 heavy (non-hydrogen) atoms. The number of anilines is 3. The molecule has 1 fully saturated rings. The van der Waals surface area contributed by atoms with Gasteiger partial charge < -0.3 is 15.0 Å². The number of halogens is 1. The zero-order valence-electron chi connectivity index (χ0n) is 11.9. The van der Waals surface area contributed by atoms with E-state index in [2.05, 4.69) is 21.3 Å². The summed E-state index contributed by atoms with van der Waals surface area (Å²) in [5, 5.41) is 13.5. The van der Waals surface area contributed by atoms with E-state index in [1.54, 1.807) is 24.4 Å². The second-order valence-electron chi connectivity index (χ2n) is 4.90. The number of nitriles is 1. The zero-order chi connectivity index (χ0) is 15.4. The number of nitrogens with one attached hydrogen (secondary N) is 1. The number of hydrogen-bond donors (Lipinski definition) is 1. The number of ether oxygens (including phenoxy) is 1. The summed E-state index contributed by atoms with van der Waals surface area (Å²) in [7, 11) is 0. The Balaban J connectivity index is 1.91. The van der Waals surface area contributed by atoms with Crippen LogP contribution in [0.5, 0.6) is 0 Å². The Hall–Kier alpha value is -2.29. The van der Waals surface area contributed by atoms with Gasteiger partial charge in [-0.1, -0.05) is 11.6 Å². The second-order valence-corrected chi connectivity index (χ2v) is 5.34. The van der Waals surface area contributed by atoms with E-state index in [9.17, 15) is 5.26 Å². The lowest BCUT2D eigenvalue weighted by atomic mass is 10.2. The monoisotopic (exact) mass is 314 g/mol. The Morgan fingerprint density at radius 3 is 2.59 bits per heavy atom. The summed E-state index contributed by atoms with van der Waals surface area (Å²) in [5.74, 6) is 0.699. The first kappa shape index (κ1) is 14.6. The normalized spacial score (nSPS) is 14.5. The van der Waals surface area contributed by atoms with Crippen molar-refractivity contribution >= 4 is 28.8 Å². The van der Waals surface area contributed by atoms with E-state index in [0.29, 0.717) is 29.6 Å². The van der Waals surface area contributed by atoms with Crippen LogP contribution in [0.3, 0.4) is 0 Å². The Kier molecular flexibility index (Phi) is 4.42. The van der Waals surface area contributed by atoms with Crippen molar-refractivity contribution in [3.63, 3.8) is 0 Å². The van der Waals surface area contributed by atoms with Crippen molar-refractivity contribution in [1.29, 1.82) is 5.26 Å². The van der Waals surface area contributed by atoms with E-state index in [1.807, 2.05) is 12.1 Å². The number of pyridine rings is 1. The molecule has 0 unspecified atom stereocenters. The van der Waals surface area contributed by atoms with E-state index < -0.39 is 0 Å². The predicted molar refractivity (Wildman–Crippen MR) is 86.7 cm³/mol. The molecule has 0 amide bonds. The van der Waals surface area contributed by atoms with Gasteiger partial charge in [0, 0.05) is 30.0 Å². The first-order valence-corrected chi connectivity index (χ1v) is 7.40. The van der Waals surface area contributed by atoms with Gasteiger partial charge in [-0.25, -0.2) is 4.98 Å². The third kappa shape index (κ3) is 3.14. The largest absolute Gasteiger partial charge is 0.378 e. The summed E-state index contributed by atoms with van der Waals surface area (Å²) in [4.78, 5) is 6.45. The van der Waals surface area contributed by atoms with Crippen molar-refractivity contribution in [2.75, 3.05) is 36.5 Å². The Morgan fingerprint density at radius 1 is 1.18 bits per heavy atom. The number of nitrogens with zero attached hydrogens (tertiary/aromatic N) is 3. The van der Waals surface area contributed by atoms with Gasteiger partial charge in [-0.2, -0.15) is 5.26 Å². The van der Waals surface area contributed by atoms with Crippen molar-refractivity contribution in [3.8, 4) is 6.07 Å². The van der Waals surface area contributed by atoms with Crippen LogP contribution in [0.1, 0.15) is 5.56 Å². The quantitative estimate of drug-likeness (QED) is 0.942. The van der Waals surface area contributed by atoms with Crippen molar-refractivity contribution in [2.45, 2.75) is 0 Å². The number of aromatic nitrogens is 1. The molecule has 2 heterocycles. The molecule has 1 aromatic heterocycles. The summed E-state index contributed by atoms with van der Waals surface area (Å²) in [6, 6.07) is 11.4. The first-order valence-electron chi connectivity index (χ1n) is 7.02. The van der Waals surface area contributed by atoms with Crippen LogP contribution in [0.15, 0.2) is 36.5 Å².